The van der Waals surface area contributed by atoms with Gasteiger partial charge in [-0.15, -0.1) is 0 Å². The Morgan fingerprint density at radius 1 is 0.895 bits per heavy atom. The van der Waals surface area contributed by atoms with Crippen LogP contribution in [0.1, 0.15) is 34.7 Å². The van der Waals surface area contributed by atoms with Gasteiger partial charge in [-0.2, -0.15) is 5.10 Å². The molecule has 1 aliphatic rings. The van der Waals surface area contributed by atoms with Crippen LogP contribution in [0.25, 0.3) is 16.8 Å². The van der Waals surface area contributed by atoms with Crippen molar-refractivity contribution in [3.63, 3.8) is 0 Å². The molecule has 0 saturated heterocycles. The summed E-state index contributed by atoms with van der Waals surface area (Å²) in [5.41, 5.74) is 6.21. The van der Waals surface area contributed by atoms with E-state index < -0.39 is 0 Å². The maximum absolute atomic E-state index is 13.9. The molecule has 192 valence electrons. The molecule has 0 saturated carbocycles. The van der Waals surface area contributed by atoms with Crippen molar-refractivity contribution in [3.8, 4) is 11.1 Å². The second-order valence-electron chi connectivity index (χ2n) is 9.29. The lowest BCUT2D eigenvalue weighted by Crippen LogP contribution is -2.16. The molecular weight excluding hydrogens is 585 g/mol. The number of nitrogens with one attached hydrogen (secondary N) is 2. The van der Waals surface area contributed by atoms with Crippen LogP contribution in [0.15, 0.2) is 77.3 Å². The number of anilines is 2. The van der Waals surface area contributed by atoms with Gasteiger partial charge >= 0.3 is 0 Å². The van der Waals surface area contributed by atoms with Gasteiger partial charge in [0.05, 0.1) is 6.54 Å². The van der Waals surface area contributed by atoms with E-state index in [9.17, 15) is 4.79 Å². The Hall–Kier alpha value is -3.26. The summed E-state index contributed by atoms with van der Waals surface area (Å²) in [4.78, 5) is 13.9. The number of benzene rings is 3. The minimum atomic E-state index is -0.214. The average molecular weight is 609 g/mol. The fourth-order valence-corrected chi connectivity index (χ4v) is 5.56. The van der Waals surface area contributed by atoms with E-state index in [1.54, 1.807) is 24.3 Å². The lowest BCUT2D eigenvalue weighted by atomic mass is 9.98. The van der Waals surface area contributed by atoms with Gasteiger partial charge in [-0.25, -0.2) is 4.52 Å². The largest absolute Gasteiger partial charge is 0.378 e. The number of aromatic nitrogens is 3. The molecule has 38 heavy (non-hydrogen) atoms. The van der Waals surface area contributed by atoms with Crippen molar-refractivity contribution >= 4 is 62.1 Å². The molecule has 0 unspecified atom stereocenters. The van der Waals surface area contributed by atoms with Gasteiger partial charge < -0.3 is 15.2 Å². The van der Waals surface area contributed by atoms with E-state index in [1.165, 1.54) is 0 Å². The molecule has 3 heterocycles. The van der Waals surface area contributed by atoms with Crippen molar-refractivity contribution in [1.29, 1.82) is 0 Å². The Bertz CT molecular complexity index is 1620. The standard InChI is InChI=1S/C29H24BrCl2N5O/c30-19-6-4-18(5-7-19)26-24-3-1-2-16-36-25(17-33-22-12-8-20(31)9-13-22)35-37(29(24)36)27(26)28(38)34-23-14-10-21(32)11-15-23/h4-15,33H,1-3,16-17H2,(H,34,38). The average Bonchev–Trinajstić information content (AvgIpc) is 3.32. The van der Waals surface area contributed by atoms with Crippen LogP contribution in [0.2, 0.25) is 10.0 Å². The highest BCUT2D eigenvalue weighted by Crippen LogP contribution is 2.37. The predicted molar refractivity (Wildman–Crippen MR) is 157 cm³/mol. The number of amides is 1. The van der Waals surface area contributed by atoms with E-state index in [2.05, 4.69) is 31.1 Å². The van der Waals surface area contributed by atoms with Gasteiger partial charge in [0, 0.05) is 43.6 Å². The number of hydrogen-bond donors (Lipinski definition) is 2. The Kier molecular flexibility index (Phi) is 6.91. The minimum Gasteiger partial charge on any atom is -0.378 e. The summed E-state index contributed by atoms with van der Waals surface area (Å²) >= 11 is 15.6. The fourth-order valence-electron chi connectivity index (χ4n) is 5.04. The van der Waals surface area contributed by atoms with Crippen molar-refractivity contribution in [3.05, 3.63) is 104 Å². The number of carbonyl (C=O) groups is 1. The van der Waals surface area contributed by atoms with Crippen molar-refractivity contribution in [2.75, 3.05) is 10.6 Å². The molecule has 2 N–H and O–H groups in total. The molecule has 1 aliphatic heterocycles. The smallest absolute Gasteiger partial charge is 0.275 e. The molecule has 0 fully saturated rings. The van der Waals surface area contributed by atoms with Crippen molar-refractivity contribution in [2.24, 2.45) is 0 Å². The lowest BCUT2D eigenvalue weighted by Gasteiger charge is -2.10. The molecule has 2 aromatic heterocycles. The van der Waals surface area contributed by atoms with Crippen LogP contribution in [0.5, 0.6) is 0 Å². The molecule has 9 heteroatoms. The highest BCUT2D eigenvalue weighted by atomic mass is 79.9. The van der Waals surface area contributed by atoms with E-state index in [0.29, 0.717) is 28.0 Å². The van der Waals surface area contributed by atoms with Crippen LogP contribution in [0.4, 0.5) is 11.4 Å². The van der Waals surface area contributed by atoms with Gasteiger partial charge in [-0.3, -0.25) is 4.79 Å². The zero-order chi connectivity index (χ0) is 26.2. The Labute approximate surface area is 238 Å². The number of rotatable bonds is 6. The van der Waals surface area contributed by atoms with E-state index in [1.807, 2.05) is 53.0 Å². The summed E-state index contributed by atoms with van der Waals surface area (Å²) in [6, 6.07) is 22.8. The number of nitrogens with zero attached hydrogens (tertiary/aromatic N) is 3. The second-order valence-corrected chi connectivity index (χ2v) is 11.1. The Balaban J connectivity index is 1.48. The van der Waals surface area contributed by atoms with Gasteiger partial charge in [0.1, 0.15) is 11.3 Å². The third kappa shape index (κ3) is 4.82. The van der Waals surface area contributed by atoms with Gasteiger partial charge in [-0.1, -0.05) is 51.3 Å². The van der Waals surface area contributed by atoms with Gasteiger partial charge in [0.2, 0.25) is 0 Å². The van der Waals surface area contributed by atoms with Crippen LogP contribution in [-0.2, 0) is 19.5 Å². The van der Waals surface area contributed by atoms with Crippen molar-refractivity contribution < 1.29 is 4.79 Å². The second kappa shape index (κ2) is 10.5. The summed E-state index contributed by atoms with van der Waals surface area (Å²) in [6.07, 6.45) is 2.95. The molecule has 6 nitrogen and oxygen atoms in total. The lowest BCUT2D eigenvalue weighted by molar-refractivity contribution is 0.102. The maximum atomic E-state index is 13.9. The highest BCUT2D eigenvalue weighted by molar-refractivity contribution is 9.10. The molecule has 0 atom stereocenters. The van der Waals surface area contributed by atoms with E-state index in [-0.39, 0.29) is 5.91 Å². The summed E-state index contributed by atoms with van der Waals surface area (Å²) in [5, 5.41) is 12.8. The molecular formula is C29H24BrCl2N5O. The molecule has 1 amide bonds. The first-order valence-electron chi connectivity index (χ1n) is 12.4. The monoisotopic (exact) mass is 607 g/mol. The fraction of sp³-hybridized carbons (Fsp3) is 0.172. The summed E-state index contributed by atoms with van der Waals surface area (Å²) in [7, 11) is 0. The van der Waals surface area contributed by atoms with Crippen LogP contribution in [-0.4, -0.2) is 20.1 Å². The zero-order valence-electron chi connectivity index (χ0n) is 20.3. The number of hydrogen-bond acceptors (Lipinski definition) is 3. The van der Waals surface area contributed by atoms with Gasteiger partial charge in [0.25, 0.3) is 5.91 Å². The first-order chi connectivity index (χ1) is 18.5. The normalized spacial score (nSPS) is 12.9. The molecule has 0 aliphatic carbocycles. The zero-order valence-corrected chi connectivity index (χ0v) is 23.4. The summed E-state index contributed by atoms with van der Waals surface area (Å²) < 4.78 is 5.08. The number of carbonyl (C=O) groups excluding carboxylic acids is 1. The SMILES string of the molecule is O=C(Nc1ccc(Cl)cc1)c1c(-c2ccc(Br)cc2)c2c3n(c(CNc4ccc(Cl)cc4)nn13)CCCC2. The minimum absolute atomic E-state index is 0.214. The number of aryl methyl sites for hydroxylation is 2. The Morgan fingerprint density at radius 3 is 2.24 bits per heavy atom. The predicted octanol–water partition coefficient (Wildman–Crippen LogP) is 8.07. The molecule has 5 aromatic rings. The third-order valence-corrected chi connectivity index (χ3v) is 7.84. The van der Waals surface area contributed by atoms with E-state index >= 15 is 0 Å². The van der Waals surface area contributed by atoms with Crippen LogP contribution < -0.4 is 10.6 Å². The number of halogens is 3. The van der Waals surface area contributed by atoms with Gasteiger partial charge in [0.15, 0.2) is 5.82 Å². The van der Waals surface area contributed by atoms with Gasteiger partial charge in [-0.05, 0) is 85.5 Å². The van der Waals surface area contributed by atoms with Crippen LogP contribution in [0, 0.1) is 0 Å². The molecule has 0 radical (unpaired) electrons. The summed E-state index contributed by atoms with van der Waals surface area (Å²) in [5.74, 6) is 0.662. The first kappa shape index (κ1) is 25.0. The molecule has 6 rings (SSSR count). The van der Waals surface area contributed by atoms with Crippen molar-refractivity contribution in [1.82, 2.24) is 14.2 Å². The highest BCUT2D eigenvalue weighted by Gasteiger charge is 2.30. The maximum Gasteiger partial charge on any atom is 0.275 e. The third-order valence-electron chi connectivity index (χ3n) is 6.81. The first-order valence-corrected chi connectivity index (χ1v) is 14.0. The molecule has 0 bridgehead atoms. The van der Waals surface area contributed by atoms with Crippen LogP contribution >= 0.6 is 39.1 Å². The molecule has 0 spiro atoms. The Morgan fingerprint density at radius 2 is 1.55 bits per heavy atom. The topological polar surface area (TPSA) is 63.4 Å². The van der Waals surface area contributed by atoms with E-state index in [0.717, 1.165) is 64.1 Å². The molecule has 3 aromatic carbocycles. The van der Waals surface area contributed by atoms with E-state index in [4.69, 9.17) is 28.3 Å². The quantitative estimate of drug-likeness (QED) is 0.205. The van der Waals surface area contributed by atoms with Crippen molar-refractivity contribution in [2.45, 2.75) is 32.4 Å². The van der Waals surface area contributed by atoms with Crippen LogP contribution in [0.3, 0.4) is 0 Å². The summed E-state index contributed by atoms with van der Waals surface area (Å²) in [6.45, 7) is 1.37.